The van der Waals surface area contributed by atoms with Crippen molar-refractivity contribution in [3.05, 3.63) is 94.2 Å². The molecule has 0 aliphatic rings. The zero-order valence-corrected chi connectivity index (χ0v) is 15.4. The van der Waals surface area contributed by atoms with E-state index in [1.807, 2.05) is 53.9 Å². The molecule has 1 aromatic heterocycles. The van der Waals surface area contributed by atoms with Crippen molar-refractivity contribution in [2.24, 2.45) is 5.10 Å². The minimum atomic E-state index is -0.448. The summed E-state index contributed by atoms with van der Waals surface area (Å²) < 4.78 is 0. The molecular formula is C21H19N3O2S. The number of amides is 2. The molecule has 0 aliphatic carbocycles. The van der Waals surface area contributed by atoms with E-state index in [9.17, 15) is 9.59 Å². The predicted octanol–water partition coefficient (Wildman–Crippen LogP) is 3.76. The van der Waals surface area contributed by atoms with Gasteiger partial charge in [0.05, 0.1) is 18.7 Å². The van der Waals surface area contributed by atoms with Crippen molar-refractivity contribution in [1.29, 1.82) is 0 Å². The Hall–Kier alpha value is -3.25. The van der Waals surface area contributed by atoms with E-state index in [1.165, 1.54) is 11.3 Å². The van der Waals surface area contributed by atoms with Gasteiger partial charge in [-0.15, -0.1) is 11.3 Å². The number of benzene rings is 2. The van der Waals surface area contributed by atoms with Gasteiger partial charge in [0.2, 0.25) is 5.91 Å². The molecule has 6 heteroatoms. The molecular weight excluding hydrogens is 358 g/mol. The Bertz CT molecular complexity index is 894. The van der Waals surface area contributed by atoms with Crippen molar-refractivity contribution in [2.45, 2.75) is 12.5 Å². The quantitative estimate of drug-likeness (QED) is 0.486. The van der Waals surface area contributed by atoms with Crippen molar-refractivity contribution in [3.63, 3.8) is 0 Å². The van der Waals surface area contributed by atoms with Crippen LogP contribution < -0.4 is 10.7 Å². The van der Waals surface area contributed by atoms with Crippen molar-refractivity contribution >= 4 is 29.4 Å². The number of nitrogens with zero attached hydrogens (tertiary/aromatic N) is 1. The predicted molar refractivity (Wildman–Crippen MR) is 108 cm³/mol. The summed E-state index contributed by atoms with van der Waals surface area (Å²) in [6.45, 7) is 0. The molecule has 1 heterocycles. The Kier molecular flexibility index (Phi) is 6.49. The van der Waals surface area contributed by atoms with E-state index in [2.05, 4.69) is 15.8 Å². The molecule has 2 N–H and O–H groups in total. The van der Waals surface area contributed by atoms with Gasteiger partial charge in [0, 0.05) is 10.4 Å². The zero-order chi connectivity index (χ0) is 18.9. The second kappa shape index (κ2) is 9.45. The monoisotopic (exact) mass is 377 g/mol. The van der Waals surface area contributed by atoms with Gasteiger partial charge in [-0.25, -0.2) is 5.43 Å². The molecule has 0 aliphatic heterocycles. The Balaban J connectivity index is 1.66. The summed E-state index contributed by atoms with van der Waals surface area (Å²) >= 11 is 1.53. The third-order valence-corrected chi connectivity index (χ3v) is 4.66. The van der Waals surface area contributed by atoms with Gasteiger partial charge in [0.15, 0.2) is 0 Å². The number of hydrazone groups is 1. The van der Waals surface area contributed by atoms with E-state index in [4.69, 9.17) is 0 Å². The van der Waals surface area contributed by atoms with Crippen molar-refractivity contribution < 1.29 is 9.59 Å². The molecule has 3 rings (SSSR count). The van der Waals surface area contributed by atoms with Gasteiger partial charge in [0.25, 0.3) is 5.91 Å². The maximum atomic E-state index is 12.5. The van der Waals surface area contributed by atoms with Crippen LogP contribution in [0.5, 0.6) is 0 Å². The molecule has 0 fully saturated rings. The van der Waals surface area contributed by atoms with Crippen molar-refractivity contribution in [1.82, 2.24) is 10.7 Å². The average Bonchev–Trinajstić information content (AvgIpc) is 3.22. The molecule has 27 heavy (non-hydrogen) atoms. The summed E-state index contributed by atoms with van der Waals surface area (Å²) in [5.74, 6) is -0.496. The van der Waals surface area contributed by atoms with Crippen LogP contribution in [0.25, 0.3) is 0 Å². The Morgan fingerprint density at radius 3 is 2.33 bits per heavy atom. The fourth-order valence-corrected chi connectivity index (χ4v) is 3.12. The highest BCUT2D eigenvalue weighted by Crippen LogP contribution is 2.17. The first-order valence-corrected chi connectivity index (χ1v) is 9.36. The van der Waals surface area contributed by atoms with Gasteiger partial charge >= 0.3 is 0 Å². The third kappa shape index (κ3) is 5.62. The van der Waals surface area contributed by atoms with Gasteiger partial charge in [-0.2, -0.15) is 5.10 Å². The lowest BCUT2D eigenvalue weighted by Gasteiger charge is -2.18. The fourth-order valence-electron chi connectivity index (χ4n) is 2.53. The molecule has 5 nitrogen and oxygen atoms in total. The highest BCUT2D eigenvalue weighted by molar-refractivity contribution is 7.11. The third-order valence-electron chi connectivity index (χ3n) is 3.86. The maximum Gasteiger partial charge on any atom is 0.251 e. The maximum absolute atomic E-state index is 12.5. The summed E-state index contributed by atoms with van der Waals surface area (Å²) in [5.41, 5.74) is 3.93. The van der Waals surface area contributed by atoms with Crippen LogP contribution in [0, 0.1) is 0 Å². The summed E-state index contributed by atoms with van der Waals surface area (Å²) in [6.07, 6.45) is 1.69. The van der Waals surface area contributed by atoms with Crippen LogP contribution >= 0.6 is 11.3 Å². The molecule has 1 atom stereocenters. The highest BCUT2D eigenvalue weighted by atomic mass is 32.1. The van der Waals surface area contributed by atoms with Gasteiger partial charge in [0.1, 0.15) is 0 Å². The van der Waals surface area contributed by atoms with Crippen molar-refractivity contribution in [3.8, 4) is 0 Å². The van der Waals surface area contributed by atoms with Gasteiger partial charge in [-0.3, -0.25) is 9.59 Å². The number of carbonyl (C=O) groups excluding carboxylic acids is 2. The minimum absolute atomic E-state index is 0.0877. The van der Waals surface area contributed by atoms with E-state index < -0.39 is 6.04 Å². The van der Waals surface area contributed by atoms with Gasteiger partial charge < -0.3 is 5.32 Å². The second-order valence-electron chi connectivity index (χ2n) is 5.82. The second-order valence-corrected chi connectivity index (χ2v) is 6.79. The van der Waals surface area contributed by atoms with E-state index in [0.717, 1.165) is 10.4 Å². The van der Waals surface area contributed by atoms with E-state index in [1.54, 1.807) is 30.5 Å². The van der Waals surface area contributed by atoms with Crippen LogP contribution in [0.4, 0.5) is 0 Å². The molecule has 2 amide bonds. The number of hydrogen-bond donors (Lipinski definition) is 2. The molecule has 0 saturated carbocycles. The van der Waals surface area contributed by atoms with E-state index in [0.29, 0.717) is 5.56 Å². The van der Waals surface area contributed by atoms with Crippen LogP contribution in [-0.2, 0) is 4.79 Å². The summed E-state index contributed by atoms with van der Waals surface area (Å²) in [6, 6.07) is 21.7. The summed E-state index contributed by atoms with van der Waals surface area (Å²) in [5, 5.41) is 8.84. The smallest absolute Gasteiger partial charge is 0.251 e. The lowest BCUT2D eigenvalue weighted by molar-refractivity contribution is -0.121. The molecule has 0 bridgehead atoms. The topological polar surface area (TPSA) is 70.6 Å². The standard InChI is InChI=1S/C21H19N3O2S/c25-20(24-22-15-18-12-7-13-27-18)14-19(16-8-3-1-4-9-16)23-21(26)17-10-5-2-6-11-17/h1-13,15,19H,14H2,(H,23,26)(H,24,25)/b22-15-/t19-/m0/s1. The Labute approximate surface area is 161 Å². The zero-order valence-electron chi connectivity index (χ0n) is 14.5. The Morgan fingerprint density at radius 1 is 0.963 bits per heavy atom. The van der Waals surface area contributed by atoms with Crippen molar-refractivity contribution in [2.75, 3.05) is 0 Å². The van der Waals surface area contributed by atoms with Crippen LogP contribution in [-0.4, -0.2) is 18.0 Å². The van der Waals surface area contributed by atoms with Gasteiger partial charge in [-0.05, 0) is 29.1 Å². The van der Waals surface area contributed by atoms with Crippen LogP contribution in [0.1, 0.15) is 33.3 Å². The largest absolute Gasteiger partial charge is 0.345 e. The number of rotatable bonds is 7. The normalized spacial score (nSPS) is 11.9. The first-order chi connectivity index (χ1) is 13.2. The first-order valence-electron chi connectivity index (χ1n) is 8.48. The molecule has 3 aromatic rings. The average molecular weight is 377 g/mol. The lowest BCUT2D eigenvalue weighted by Crippen LogP contribution is -2.32. The van der Waals surface area contributed by atoms with Crippen LogP contribution in [0.15, 0.2) is 83.3 Å². The van der Waals surface area contributed by atoms with Crippen LogP contribution in [0.3, 0.4) is 0 Å². The molecule has 0 unspecified atom stereocenters. The Morgan fingerprint density at radius 2 is 1.67 bits per heavy atom. The number of hydrogen-bond acceptors (Lipinski definition) is 4. The molecule has 0 spiro atoms. The fraction of sp³-hybridized carbons (Fsp3) is 0.0952. The lowest BCUT2D eigenvalue weighted by atomic mass is 10.0. The molecule has 0 saturated heterocycles. The number of carbonyl (C=O) groups is 2. The number of nitrogens with one attached hydrogen (secondary N) is 2. The first kappa shape index (κ1) is 18.5. The SMILES string of the molecule is O=C(C[C@H](NC(=O)c1ccccc1)c1ccccc1)N/N=C\c1cccs1. The highest BCUT2D eigenvalue weighted by Gasteiger charge is 2.19. The molecule has 2 aromatic carbocycles. The van der Waals surface area contributed by atoms with E-state index >= 15 is 0 Å². The summed E-state index contributed by atoms with van der Waals surface area (Å²) in [7, 11) is 0. The molecule has 0 radical (unpaired) electrons. The van der Waals surface area contributed by atoms with Crippen LogP contribution in [0.2, 0.25) is 0 Å². The van der Waals surface area contributed by atoms with Gasteiger partial charge in [-0.1, -0.05) is 54.6 Å². The molecule has 136 valence electrons. The minimum Gasteiger partial charge on any atom is -0.345 e. The number of thiophene rings is 1. The summed E-state index contributed by atoms with van der Waals surface area (Å²) in [4.78, 5) is 25.8. The van der Waals surface area contributed by atoms with E-state index in [-0.39, 0.29) is 18.2 Å².